The number of thioether (sulfide) groups is 1. The molecular weight excluding hydrogens is 368 g/mol. The van der Waals surface area contributed by atoms with E-state index in [4.69, 9.17) is 4.74 Å². The van der Waals surface area contributed by atoms with Gasteiger partial charge in [-0.25, -0.2) is 4.98 Å². The van der Waals surface area contributed by atoms with Crippen LogP contribution >= 0.6 is 23.1 Å². The molecule has 1 aromatic carbocycles. The Morgan fingerprint density at radius 1 is 1.27 bits per heavy atom. The van der Waals surface area contributed by atoms with Crippen molar-refractivity contribution in [1.29, 1.82) is 0 Å². The molecule has 0 unspecified atom stereocenters. The minimum absolute atomic E-state index is 0.0629. The van der Waals surface area contributed by atoms with Crippen LogP contribution in [-0.4, -0.2) is 27.9 Å². The number of carbonyl (C=O) groups is 1. The fourth-order valence-corrected chi connectivity index (χ4v) is 4.52. The summed E-state index contributed by atoms with van der Waals surface area (Å²) in [5, 5.41) is 1.21. The summed E-state index contributed by atoms with van der Waals surface area (Å²) in [4.78, 5) is 31.4. The first-order valence-electron chi connectivity index (χ1n) is 8.34. The van der Waals surface area contributed by atoms with E-state index in [9.17, 15) is 9.59 Å². The molecule has 3 aromatic rings. The van der Waals surface area contributed by atoms with Crippen LogP contribution in [0.1, 0.15) is 22.9 Å². The van der Waals surface area contributed by atoms with Gasteiger partial charge in [0.05, 0.1) is 24.3 Å². The van der Waals surface area contributed by atoms with Crippen molar-refractivity contribution in [2.45, 2.75) is 32.5 Å². The molecule has 0 bridgehead atoms. The Hall–Kier alpha value is -2.12. The number of hydrogen-bond donors (Lipinski definition) is 0. The SMILES string of the molecule is CCOC(=O)CSc1nc2sc(C)c(C)c2c(=O)n1Cc1ccccc1. The molecule has 0 atom stereocenters. The third kappa shape index (κ3) is 3.83. The van der Waals surface area contributed by atoms with Crippen molar-refractivity contribution in [3.63, 3.8) is 0 Å². The van der Waals surface area contributed by atoms with Gasteiger partial charge in [0.1, 0.15) is 4.83 Å². The van der Waals surface area contributed by atoms with Gasteiger partial charge in [-0.05, 0) is 31.9 Å². The minimum Gasteiger partial charge on any atom is -0.465 e. The quantitative estimate of drug-likeness (QED) is 0.365. The molecular formula is C19H20N2O3S2. The lowest BCUT2D eigenvalue weighted by Crippen LogP contribution is -2.24. The van der Waals surface area contributed by atoms with Gasteiger partial charge < -0.3 is 4.74 Å². The van der Waals surface area contributed by atoms with Crippen LogP contribution in [0.4, 0.5) is 0 Å². The maximum Gasteiger partial charge on any atom is 0.316 e. The highest BCUT2D eigenvalue weighted by Crippen LogP contribution is 2.28. The lowest BCUT2D eigenvalue weighted by Gasteiger charge is -2.12. The van der Waals surface area contributed by atoms with E-state index >= 15 is 0 Å². The molecule has 0 aliphatic heterocycles. The van der Waals surface area contributed by atoms with Gasteiger partial charge in [0.25, 0.3) is 5.56 Å². The van der Waals surface area contributed by atoms with E-state index in [1.165, 1.54) is 23.1 Å². The normalized spacial score (nSPS) is 11.0. The van der Waals surface area contributed by atoms with Crippen LogP contribution in [0.15, 0.2) is 40.3 Å². The summed E-state index contributed by atoms with van der Waals surface area (Å²) in [6, 6.07) is 9.77. The zero-order valence-corrected chi connectivity index (χ0v) is 16.6. The highest BCUT2D eigenvalue weighted by Gasteiger charge is 2.18. The molecule has 0 aliphatic rings. The lowest BCUT2D eigenvalue weighted by atomic mass is 10.2. The summed E-state index contributed by atoms with van der Waals surface area (Å²) < 4.78 is 6.64. The summed E-state index contributed by atoms with van der Waals surface area (Å²) in [5.74, 6) is -0.180. The zero-order valence-electron chi connectivity index (χ0n) is 14.9. The Balaban J connectivity index is 2.06. The second-order valence-corrected chi connectivity index (χ2v) is 7.97. The molecule has 5 nitrogen and oxygen atoms in total. The Kier molecular flexibility index (Phi) is 5.78. The first-order valence-corrected chi connectivity index (χ1v) is 10.1. The van der Waals surface area contributed by atoms with Gasteiger partial charge in [0.15, 0.2) is 5.16 Å². The smallest absolute Gasteiger partial charge is 0.316 e. The van der Waals surface area contributed by atoms with Gasteiger partial charge in [0, 0.05) is 4.88 Å². The molecule has 7 heteroatoms. The van der Waals surface area contributed by atoms with Crippen molar-refractivity contribution in [1.82, 2.24) is 9.55 Å². The van der Waals surface area contributed by atoms with Crippen LogP contribution in [0, 0.1) is 13.8 Å². The van der Waals surface area contributed by atoms with E-state index in [0.29, 0.717) is 23.7 Å². The molecule has 2 aromatic heterocycles. The number of rotatable bonds is 6. The van der Waals surface area contributed by atoms with Gasteiger partial charge in [-0.3, -0.25) is 14.2 Å². The van der Waals surface area contributed by atoms with E-state index in [2.05, 4.69) is 4.98 Å². The number of esters is 1. The number of benzene rings is 1. The molecule has 0 saturated heterocycles. The van der Waals surface area contributed by atoms with Crippen molar-refractivity contribution in [2.24, 2.45) is 0 Å². The molecule has 0 fully saturated rings. The molecule has 0 saturated carbocycles. The molecule has 136 valence electrons. The average molecular weight is 389 g/mol. The third-order valence-electron chi connectivity index (χ3n) is 4.06. The standard InChI is InChI=1S/C19H20N2O3S2/c1-4-24-15(22)11-25-19-20-17-16(12(2)13(3)26-17)18(23)21(19)10-14-8-6-5-7-9-14/h5-9H,4,10-11H2,1-3H3. The van der Waals surface area contributed by atoms with Gasteiger partial charge in [-0.15, -0.1) is 11.3 Å². The summed E-state index contributed by atoms with van der Waals surface area (Å²) in [5.41, 5.74) is 1.93. The van der Waals surface area contributed by atoms with E-state index in [1.807, 2.05) is 44.2 Å². The van der Waals surface area contributed by atoms with Crippen molar-refractivity contribution >= 4 is 39.3 Å². The Labute approximate surface area is 160 Å². The zero-order chi connectivity index (χ0) is 18.7. The second-order valence-electron chi connectivity index (χ2n) is 5.83. The molecule has 26 heavy (non-hydrogen) atoms. The van der Waals surface area contributed by atoms with Gasteiger partial charge in [-0.1, -0.05) is 42.1 Å². The van der Waals surface area contributed by atoms with Gasteiger partial charge in [0.2, 0.25) is 0 Å². The fourth-order valence-electron chi connectivity index (χ4n) is 2.65. The largest absolute Gasteiger partial charge is 0.465 e. The first kappa shape index (κ1) is 18.7. The maximum absolute atomic E-state index is 13.2. The van der Waals surface area contributed by atoms with Crippen molar-refractivity contribution in [2.75, 3.05) is 12.4 Å². The number of carbonyl (C=O) groups excluding carboxylic acids is 1. The first-order chi connectivity index (χ1) is 12.5. The Morgan fingerprint density at radius 2 is 2.00 bits per heavy atom. The summed E-state index contributed by atoms with van der Waals surface area (Å²) in [7, 11) is 0. The van der Waals surface area contributed by atoms with E-state index in [-0.39, 0.29) is 17.3 Å². The van der Waals surface area contributed by atoms with Crippen LogP contribution in [-0.2, 0) is 16.1 Å². The molecule has 0 spiro atoms. The summed E-state index contributed by atoms with van der Waals surface area (Å²) in [6.45, 7) is 6.48. The molecule has 0 amide bonds. The number of ether oxygens (including phenoxy) is 1. The third-order valence-corrected chi connectivity index (χ3v) is 6.11. The number of fused-ring (bicyclic) bond motifs is 1. The van der Waals surface area contributed by atoms with Crippen LogP contribution in [0.25, 0.3) is 10.2 Å². The molecule has 0 radical (unpaired) electrons. The molecule has 3 rings (SSSR count). The minimum atomic E-state index is -0.309. The van der Waals surface area contributed by atoms with E-state index in [1.54, 1.807) is 11.5 Å². The molecule has 0 aliphatic carbocycles. The van der Waals surface area contributed by atoms with E-state index < -0.39 is 0 Å². The topological polar surface area (TPSA) is 61.2 Å². The molecule has 0 N–H and O–H groups in total. The monoisotopic (exact) mass is 388 g/mol. The Bertz CT molecular complexity index is 993. The van der Waals surface area contributed by atoms with Crippen LogP contribution in [0.2, 0.25) is 0 Å². The fraction of sp³-hybridized carbons (Fsp3) is 0.316. The summed E-state index contributed by atoms with van der Waals surface area (Å²) in [6.07, 6.45) is 0. The van der Waals surface area contributed by atoms with Gasteiger partial charge >= 0.3 is 5.97 Å². The maximum atomic E-state index is 13.2. The second kappa shape index (κ2) is 8.05. The van der Waals surface area contributed by atoms with Crippen molar-refractivity contribution in [3.05, 3.63) is 56.7 Å². The van der Waals surface area contributed by atoms with E-state index in [0.717, 1.165) is 20.8 Å². The van der Waals surface area contributed by atoms with Gasteiger partial charge in [-0.2, -0.15) is 0 Å². The highest BCUT2D eigenvalue weighted by molar-refractivity contribution is 7.99. The number of hydrogen-bond acceptors (Lipinski definition) is 6. The van der Waals surface area contributed by atoms with Crippen molar-refractivity contribution in [3.8, 4) is 0 Å². The molecule has 2 heterocycles. The predicted molar refractivity (Wildman–Crippen MR) is 106 cm³/mol. The number of aryl methyl sites for hydroxylation is 2. The average Bonchev–Trinajstić information content (AvgIpc) is 2.91. The lowest BCUT2D eigenvalue weighted by molar-refractivity contribution is -0.139. The van der Waals surface area contributed by atoms with Crippen molar-refractivity contribution < 1.29 is 9.53 Å². The predicted octanol–water partition coefficient (Wildman–Crippen LogP) is 3.78. The highest BCUT2D eigenvalue weighted by atomic mass is 32.2. The summed E-state index contributed by atoms with van der Waals surface area (Å²) >= 11 is 2.76. The van der Waals surface area contributed by atoms with Crippen LogP contribution < -0.4 is 5.56 Å². The van der Waals surface area contributed by atoms with Crippen LogP contribution in [0.3, 0.4) is 0 Å². The number of thiophene rings is 1. The number of nitrogens with zero attached hydrogens (tertiary/aromatic N) is 2. The number of aromatic nitrogens is 2. The Morgan fingerprint density at radius 3 is 2.69 bits per heavy atom. The van der Waals surface area contributed by atoms with Crippen LogP contribution in [0.5, 0.6) is 0 Å².